The van der Waals surface area contributed by atoms with Crippen LogP contribution in [0.1, 0.15) is 29.2 Å². The molecule has 0 bridgehead atoms. The lowest BCUT2D eigenvalue weighted by molar-refractivity contribution is -0.130. The molecule has 0 saturated carbocycles. The van der Waals surface area contributed by atoms with Crippen molar-refractivity contribution in [3.8, 4) is 11.6 Å². The molecule has 170 valence electrons. The van der Waals surface area contributed by atoms with Crippen molar-refractivity contribution in [3.63, 3.8) is 0 Å². The predicted octanol–water partition coefficient (Wildman–Crippen LogP) is 1.21. The van der Waals surface area contributed by atoms with Crippen molar-refractivity contribution in [1.29, 1.82) is 0 Å². The van der Waals surface area contributed by atoms with Gasteiger partial charge in [-0.2, -0.15) is 10.5 Å². The lowest BCUT2D eigenvalue weighted by atomic mass is 10.1. The van der Waals surface area contributed by atoms with Crippen molar-refractivity contribution in [1.82, 2.24) is 36.5 Å². The number of nitrogens with zero attached hydrogens (tertiary/aromatic N) is 4. The Balaban J connectivity index is 1.10. The quantitative estimate of drug-likeness (QED) is 0.451. The Morgan fingerprint density at radius 1 is 1.15 bits per heavy atom. The molecule has 1 aromatic carbocycles. The first kappa shape index (κ1) is 19.8. The van der Waals surface area contributed by atoms with Gasteiger partial charge in [0.05, 0.1) is 17.9 Å². The van der Waals surface area contributed by atoms with Crippen LogP contribution in [0, 0.1) is 6.92 Å². The largest absolute Gasteiger partial charge is 0.428 e. The van der Waals surface area contributed by atoms with Gasteiger partial charge in [0.1, 0.15) is 12.2 Å². The minimum Gasteiger partial charge on any atom is -0.428 e. The number of carbonyl (C=O) groups excluding carboxylic acids is 1. The number of hydrogen-bond acceptors (Lipinski definition) is 10. The van der Waals surface area contributed by atoms with Crippen LogP contribution in [0.4, 0.5) is 6.01 Å². The SMILES string of the molecule is Cc1oc(NC2Cc3ccccc3C2)nc1-c1nnc(CC(=O)N2CCC3=C(C2)NNN3)o1. The average Bonchev–Trinajstić information content (AvgIpc) is 3.59. The van der Waals surface area contributed by atoms with Gasteiger partial charge in [0.15, 0.2) is 5.69 Å². The molecule has 0 atom stereocenters. The fourth-order valence-electron chi connectivity index (χ4n) is 4.56. The van der Waals surface area contributed by atoms with Crippen molar-refractivity contribution in [2.24, 2.45) is 0 Å². The van der Waals surface area contributed by atoms with Gasteiger partial charge in [-0.15, -0.1) is 10.2 Å². The predicted molar refractivity (Wildman–Crippen MR) is 117 cm³/mol. The van der Waals surface area contributed by atoms with E-state index in [0.29, 0.717) is 30.6 Å². The third-order valence-corrected chi connectivity index (χ3v) is 6.27. The van der Waals surface area contributed by atoms with Gasteiger partial charge in [0.2, 0.25) is 11.8 Å². The van der Waals surface area contributed by atoms with E-state index in [1.165, 1.54) is 11.1 Å². The molecular weight excluding hydrogens is 424 g/mol. The van der Waals surface area contributed by atoms with Gasteiger partial charge >= 0.3 is 0 Å². The van der Waals surface area contributed by atoms with Crippen molar-refractivity contribution < 1.29 is 13.6 Å². The summed E-state index contributed by atoms with van der Waals surface area (Å²) in [5, 5.41) is 11.5. The molecule has 0 unspecified atom stereocenters. The number of hydrazine groups is 2. The monoisotopic (exact) mass is 448 g/mol. The van der Waals surface area contributed by atoms with Crippen molar-refractivity contribution in [2.45, 2.75) is 38.6 Å². The highest BCUT2D eigenvalue weighted by Crippen LogP contribution is 2.28. The van der Waals surface area contributed by atoms with Crippen LogP contribution in [0.3, 0.4) is 0 Å². The first-order chi connectivity index (χ1) is 16.1. The maximum Gasteiger partial charge on any atom is 0.295 e. The fraction of sp³-hybridized carbons (Fsp3) is 0.364. The highest BCUT2D eigenvalue weighted by molar-refractivity contribution is 5.78. The van der Waals surface area contributed by atoms with Gasteiger partial charge in [-0.1, -0.05) is 24.3 Å². The summed E-state index contributed by atoms with van der Waals surface area (Å²) in [5.74, 6) is 1.02. The summed E-state index contributed by atoms with van der Waals surface area (Å²) in [6, 6.07) is 9.09. The topological polar surface area (TPSA) is 133 Å². The van der Waals surface area contributed by atoms with Crippen LogP contribution in [0.25, 0.3) is 11.6 Å². The summed E-state index contributed by atoms with van der Waals surface area (Å²) in [6.07, 6.45) is 2.65. The summed E-state index contributed by atoms with van der Waals surface area (Å²) in [4.78, 5) is 19.0. The van der Waals surface area contributed by atoms with Crippen molar-refractivity contribution in [2.75, 3.05) is 18.4 Å². The molecule has 0 radical (unpaired) electrons. The first-order valence-corrected chi connectivity index (χ1v) is 11.0. The molecule has 33 heavy (non-hydrogen) atoms. The standard InChI is InChI=1S/C22H24N8O3/c1-12-20(24-22(32-12)23-15-8-13-4-2-3-5-14(13)9-15)21-28-27-18(33-21)10-19(31)30-7-6-16-17(11-30)26-29-25-16/h2-5,15,25-26,29H,6-11H2,1H3,(H,23,24). The zero-order valence-electron chi connectivity index (χ0n) is 18.1. The summed E-state index contributed by atoms with van der Waals surface area (Å²) in [6.45, 7) is 2.96. The van der Waals surface area contributed by atoms with Gasteiger partial charge in [0, 0.05) is 19.0 Å². The summed E-state index contributed by atoms with van der Waals surface area (Å²) in [5.41, 5.74) is 14.2. The average molecular weight is 448 g/mol. The molecule has 4 heterocycles. The maximum absolute atomic E-state index is 12.7. The second kappa shape index (κ2) is 7.93. The number of benzene rings is 1. The van der Waals surface area contributed by atoms with E-state index < -0.39 is 0 Å². The number of aryl methyl sites for hydroxylation is 1. The van der Waals surface area contributed by atoms with Gasteiger partial charge in [0.25, 0.3) is 11.9 Å². The summed E-state index contributed by atoms with van der Waals surface area (Å²) in [7, 11) is 0. The van der Waals surface area contributed by atoms with Crippen LogP contribution < -0.4 is 21.7 Å². The van der Waals surface area contributed by atoms with Crippen LogP contribution in [0.2, 0.25) is 0 Å². The zero-order chi connectivity index (χ0) is 22.4. The second-order valence-electron chi connectivity index (χ2n) is 8.52. The molecule has 3 aromatic rings. The van der Waals surface area contributed by atoms with Crippen molar-refractivity contribution in [3.05, 3.63) is 58.4 Å². The number of rotatable bonds is 5. The molecule has 0 fully saturated rings. The smallest absolute Gasteiger partial charge is 0.295 e. The number of aromatic nitrogens is 3. The third-order valence-electron chi connectivity index (χ3n) is 6.27. The lowest BCUT2D eigenvalue weighted by Crippen LogP contribution is -2.40. The minimum atomic E-state index is -0.0644. The molecule has 4 N–H and O–H groups in total. The van der Waals surface area contributed by atoms with Crippen LogP contribution in [-0.4, -0.2) is 45.1 Å². The Morgan fingerprint density at radius 2 is 1.94 bits per heavy atom. The number of hydrogen-bond donors (Lipinski definition) is 4. The molecule has 3 aliphatic rings. The van der Waals surface area contributed by atoms with E-state index >= 15 is 0 Å². The van der Waals surface area contributed by atoms with E-state index in [4.69, 9.17) is 8.83 Å². The van der Waals surface area contributed by atoms with E-state index in [-0.39, 0.29) is 30.2 Å². The first-order valence-electron chi connectivity index (χ1n) is 11.0. The number of anilines is 1. The van der Waals surface area contributed by atoms with E-state index in [1.807, 2.05) is 6.92 Å². The number of fused-ring (bicyclic) bond motifs is 1. The van der Waals surface area contributed by atoms with E-state index in [2.05, 4.69) is 61.1 Å². The number of carbonyl (C=O) groups is 1. The normalized spacial score (nSPS) is 17.5. The molecule has 6 rings (SSSR count). The number of oxazole rings is 1. The van der Waals surface area contributed by atoms with Gasteiger partial charge in [-0.3, -0.25) is 4.79 Å². The Kier molecular flexibility index (Phi) is 4.75. The molecule has 0 saturated heterocycles. The highest BCUT2D eigenvalue weighted by Gasteiger charge is 2.28. The zero-order valence-corrected chi connectivity index (χ0v) is 18.1. The van der Waals surface area contributed by atoms with Crippen LogP contribution in [0.15, 0.2) is 44.5 Å². The molecule has 0 spiro atoms. The molecule has 1 aliphatic carbocycles. The van der Waals surface area contributed by atoms with Crippen LogP contribution in [0.5, 0.6) is 0 Å². The Morgan fingerprint density at radius 3 is 2.76 bits per heavy atom. The molecule has 2 aliphatic heterocycles. The second-order valence-corrected chi connectivity index (χ2v) is 8.52. The highest BCUT2D eigenvalue weighted by atomic mass is 16.4. The Bertz CT molecular complexity index is 1220. The maximum atomic E-state index is 12.7. The lowest BCUT2D eigenvalue weighted by Gasteiger charge is -2.26. The van der Waals surface area contributed by atoms with Gasteiger partial charge < -0.3 is 29.9 Å². The molecule has 2 aromatic heterocycles. The number of nitrogens with one attached hydrogen (secondary N) is 4. The molecule has 11 heteroatoms. The summed E-state index contributed by atoms with van der Waals surface area (Å²) >= 11 is 0. The molecule has 1 amide bonds. The van der Waals surface area contributed by atoms with Crippen molar-refractivity contribution >= 4 is 11.9 Å². The van der Waals surface area contributed by atoms with Crippen LogP contribution in [-0.2, 0) is 24.1 Å². The summed E-state index contributed by atoms with van der Waals surface area (Å²) < 4.78 is 11.6. The van der Waals surface area contributed by atoms with E-state index in [1.54, 1.807) is 4.90 Å². The van der Waals surface area contributed by atoms with Gasteiger partial charge in [-0.25, -0.2) is 0 Å². The molecular formula is C22H24N8O3. The molecule has 11 nitrogen and oxygen atoms in total. The van der Waals surface area contributed by atoms with Crippen LogP contribution >= 0.6 is 0 Å². The fourth-order valence-corrected chi connectivity index (χ4v) is 4.56. The van der Waals surface area contributed by atoms with E-state index in [9.17, 15) is 4.79 Å². The Hall–Kier alpha value is -3.86. The van der Waals surface area contributed by atoms with Gasteiger partial charge in [-0.05, 0) is 30.9 Å². The van der Waals surface area contributed by atoms with E-state index in [0.717, 1.165) is 30.7 Å². The third kappa shape index (κ3) is 3.80. The minimum absolute atomic E-state index is 0.0405. The number of amides is 1. The Labute approximate surface area is 189 Å².